The first-order valence-electron chi connectivity index (χ1n) is 9.80. The first-order valence-corrected chi connectivity index (χ1v) is 10.6. The molecule has 162 valence electrons. The number of hydrogen-bond acceptors (Lipinski definition) is 8. The molecule has 2 aliphatic heterocycles. The Kier molecular flexibility index (Phi) is 4.93. The smallest absolute Gasteiger partial charge is 0.251 e. The summed E-state index contributed by atoms with van der Waals surface area (Å²) in [5, 5.41) is 2.93. The van der Waals surface area contributed by atoms with E-state index >= 15 is 0 Å². The van der Waals surface area contributed by atoms with Crippen molar-refractivity contribution in [1.82, 2.24) is 24.8 Å². The topological polar surface area (TPSA) is 126 Å². The maximum Gasteiger partial charge on any atom is 0.251 e. The zero-order chi connectivity index (χ0) is 21.8. The normalized spacial score (nSPS) is 26.8. The summed E-state index contributed by atoms with van der Waals surface area (Å²) in [7, 11) is 0. The Morgan fingerprint density at radius 1 is 1.26 bits per heavy atom. The van der Waals surface area contributed by atoms with Crippen LogP contribution in [0.25, 0.3) is 11.2 Å². The molecule has 0 radical (unpaired) electrons. The molecule has 4 heterocycles. The monoisotopic (exact) mass is 488 g/mol. The summed E-state index contributed by atoms with van der Waals surface area (Å²) in [5.74, 6) is -0.689. The average Bonchev–Trinajstić information content (AvgIpc) is 3.38. The third-order valence-electron chi connectivity index (χ3n) is 5.34. The molecule has 0 aliphatic carbocycles. The minimum atomic E-state index is -0.783. The van der Waals surface area contributed by atoms with Crippen molar-refractivity contribution in [2.45, 2.75) is 44.2 Å². The number of nitrogens with one attached hydrogen (secondary N) is 1. The molecule has 0 unspecified atom stereocenters. The molecule has 5 rings (SSSR count). The second-order valence-electron chi connectivity index (χ2n) is 7.93. The van der Waals surface area contributed by atoms with E-state index in [1.165, 1.54) is 6.33 Å². The predicted molar refractivity (Wildman–Crippen MR) is 114 cm³/mol. The maximum absolute atomic E-state index is 12.6. The van der Waals surface area contributed by atoms with Crippen molar-refractivity contribution in [2.75, 3.05) is 12.3 Å². The number of benzene rings is 1. The number of aromatic nitrogens is 4. The van der Waals surface area contributed by atoms with Gasteiger partial charge in [0.15, 0.2) is 23.5 Å². The van der Waals surface area contributed by atoms with Gasteiger partial charge in [-0.2, -0.15) is 0 Å². The Balaban J connectivity index is 1.39. The molecule has 2 aliphatic rings. The number of halogens is 1. The molecule has 2 saturated heterocycles. The van der Waals surface area contributed by atoms with Gasteiger partial charge in [0.25, 0.3) is 5.91 Å². The van der Waals surface area contributed by atoms with Crippen LogP contribution in [0.3, 0.4) is 0 Å². The van der Waals surface area contributed by atoms with Crippen molar-refractivity contribution in [3.05, 3.63) is 47.0 Å². The van der Waals surface area contributed by atoms with Crippen LogP contribution in [0.15, 0.2) is 41.4 Å². The molecule has 31 heavy (non-hydrogen) atoms. The molecule has 1 amide bonds. The van der Waals surface area contributed by atoms with Gasteiger partial charge in [0.1, 0.15) is 30.2 Å². The van der Waals surface area contributed by atoms with E-state index in [-0.39, 0.29) is 18.6 Å². The lowest BCUT2D eigenvalue weighted by molar-refractivity contribution is -0.195. The zero-order valence-corrected chi connectivity index (χ0v) is 18.4. The molecular formula is C20H21BrN6O4. The average molecular weight is 489 g/mol. The van der Waals surface area contributed by atoms with Crippen LogP contribution in [0.4, 0.5) is 5.82 Å². The third-order valence-corrected chi connectivity index (χ3v) is 5.83. The Morgan fingerprint density at radius 3 is 2.87 bits per heavy atom. The van der Waals surface area contributed by atoms with Crippen molar-refractivity contribution in [3.63, 3.8) is 0 Å². The number of nitrogens with zero attached hydrogens (tertiary/aromatic N) is 4. The van der Waals surface area contributed by atoms with Gasteiger partial charge in [-0.25, -0.2) is 15.0 Å². The number of fused-ring (bicyclic) bond motifs is 2. The second-order valence-corrected chi connectivity index (χ2v) is 8.85. The molecule has 11 heteroatoms. The van der Waals surface area contributed by atoms with E-state index in [4.69, 9.17) is 19.9 Å². The van der Waals surface area contributed by atoms with Crippen molar-refractivity contribution < 1.29 is 19.0 Å². The Morgan fingerprint density at radius 2 is 2.06 bits per heavy atom. The molecule has 0 saturated carbocycles. The number of carbonyl (C=O) groups is 1. The van der Waals surface area contributed by atoms with Crippen LogP contribution in [-0.4, -0.2) is 56.1 Å². The number of rotatable bonds is 4. The fourth-order valence-electron chi connectivity index (χ4n) is 4.03. The van der Waals surface area contributed by atoms with E-state index in [0.29, 0.717) is 22.5 Å². The third kappa shape index (κ3) is 3.67. The van der Waals surface area contributed by atoms with E-state index in [0.717, 1.165) is 4.47 Å². The fourth-order valence-corrected chi connectivity index (χ4v) is 4.43. The summed E-state index contributed by atoms with van der Waals surface area (Å²) in [4.78, 5) is 25.2. The number of ether oxygens (including phenoxy) is 3. The van der Waals surface area contributed by atoms with Crippen molar-refractivity contribution in [1.29, 1.82) is 0 Å². The highest BCUT2D eigenvalue weighted by Gasteiger charge is 2.56. The fraction of sp³-hybridized carbons (Fsp3) is 0.400. The summed E-state index contributed by atoms with van der Waals surface area (Å²) in [6, 6.07) is 7.19. The van der Waals surface area contributed by atoms with Gasteiger partial charge in [0.05, 0.1) is 6.33 Å². The Hall–Kier alpha value is -2.60. The predicted octanol–water partition coefficient (Wildman–Crippen LogP) is 2.02. The Labute approximate surface area is 186 Å². The highest BCUT2D eigenvalue weighted by Crippen LogP contribution is 2.43. The van der Waals surface area contributed by atoms with Gasteiger partial charge in [-0.15, -0.1) is 0 Å². The number of hydrogen-bond donors (Lipinski definition) is 2. The van der Waals surface area contributed by atoms with E-state index in [1.807, 2.05) is 26.0 Å². The number of amides is 1. The molecule has 3 N–H and O–H groups in total. The van der Waals surface area contributed by atoms with E-state index in [1.54, 1.807) is 23.0 Å². The van der Waals surface area contributed by atoms with Gasteiger partial charge in [0.2, 0.25) is 0 Å². The highest BCUT2D eigenvalue weighted by molar-refractivity contribution is 9.10. The molecule has 0 bridgehead atoms. The van der Waals surface area contributed by atoms with Gasteiger partial charge < -0.3 is 25.3 Å². The van der Waals surface area contributed by atoms with Crippen LogP contribution < -0.4 is 11.1 Å². The standard InChI is InChI=1S/C20H21BrN6O4/c1-20(2)30-14-12(7-23-18(28)10-4-3-5-11(21)6-10)29-19(15(14)31-20)27-9-26-13-16(22)24-8-25-17(13)27/h3-6,8-9,12,14-15,19H,7H2,1-2H3,(H,23,28)(H2,22,24,25)/t12-,14-,15-,19-/m1/s1. The SMILES string of the molecule is CC1(C)O[C@@H]2[C@H](O1)[C@@H](CNC(=O)c1cccc(Br)c1)O[C@H]2n1cnc2c(N)ncnc21. The lowest BCUT2D eigenvalue weighted by Crippen LogP contribution is -2.39. The van der Waals surface area contributed by atoms with Crippen LogP contribution in [0.5, 0.6) is 0 Å². The van der Waals surface area contributed by atoms with Crippen molar-refractivity contribution in [2.24, 2.45) is 0 Å². The van der Waals surface area contributed by atoms with Crippen molar-refractivity contribution >= 4 is 38.8 Å². The summed E-state index contributed by atoms with van der Waals surface area (Å²) < 4.78 is 21.1. The van der Waals surface area contributed by atoms with Crippen LogP contribution in [-0.2, 0) is 14.2 Å². The lowest BCUT2D eigenvalue weighted by Gasteiger charge is -2.25. The molecule has 2 aromatic heterocycles. The molecule has 3 aromatic rings. The minimum Gasteiger partial charge on any atom is -0.382 e. The van der Waals surface area contributed by atoms with Crippen LogP contribution in [0, 0.1) is 0 Å². The maximum atomic E-state index is 12.6. The van der Waals surface area contributed by atoms with Gasteiger partial charge in [-0.05, 0) is 32.0 Å². The number of carbonyl (C=O) groups excluding carboxylic acids is 1. The number of nitrogens with two attached hydrogens (primary N) is 1. The zero-order valence-electron chi connectivity index (χ0n) is 16.9. The van der Waals surface area contributed by atoms with Crippen LogP contribution in [0.1, 0.15) is 30.4 Å². The van der Waals surface area contributed by atoms with Gasteiger partial charge >= 0.3 is 0 Å². The largest absolute Gasteiger partial charge is 0.382 e. The van der Waals surface area contributed by atoms with Gasteiger partial charge in [-0.1, -0.05) is 22.0 Å². The first-order chi connectivity index (χ1) is 14.8. The lowest BCUT2D eigenvalue weighted by atomic mass is 10.1. The number of imidazole rings is 1. The summed E-state index contributed by atoms with van der Waals surface area (Å²) in [5.41, 5.74) is 7.51. The minimum absolute atomic E-state index is 0.198. The number of nitrogen functional groups attached to an aromatic ring is 1. The van der Waals surface area contributed by atoms with Crippen molar-refractivity contribution in [3.8, 4) is 0 Å². The van der Waals surface area contributed by atoms with E-state index < -0.39 is 24.2 Å². The summed E-state index contributed by atoms with van der Waals surface area (Å²) in [6.07, 6.45) is 1.24. The van der Waals surface area contributed by atoms with E-state index in [9.17, 15) is 4.79 Å². The molecule has 4 atom stereocenters. The second kappa shape index (κ2) is 7.52. The number of anilines is 1. The molecule has 1 aromatic carbocycles. The first kappa shape index (κ1) is 20.3. The molecule has 10 nitrogen and oxygen atoms in total. The molecule has 0 spiro atoms. The highest BCUT2D eigenvalue weighted by atomic mass is 79.9. The van der Waals surface area contributed by atoms with Gasteiger partial charge in [0, 0.05) is 16.6 Å². The Bertz CT molecular complexity index is 1150. The molecular weight excluding hydrogens is 468 g/mol. The molecule has 2 fully saturated rings. The summed E-state index contributed by atoms with van der Waals surface area (Å²) in [6.45, 7) is 3.96. The quantitative estimate of drug-likeness (QED) is 0.570. The van der Waals surface area contributed by atoms with E-state index in [2.05, 4.69) is 36.2 Å². The summed E-state index contributed by atoms with van der Waals surface area (Å²) >= 11 is 3.38. The van der Waals surface area contributed by atoms with Crippen LogP contribution >= 0.6 is 15.9 Å². The van der Waals surface area contributed by atoms with Crippen LogP contribution in [0.2, 0.25) is 0 Å². The van der Waals surface area contributed by atoms with Gasteiger partial charge in [-0.3, -0.25) is 9.36 Å².